The van der Waals surface area contributed by atoms with Crippen LogP contribution in [0.5, 0.6) is 0 Å². The van der Waals surface area contributed by atoms with Gasteiger partial charge < -0.3 is 9.79 Å². The average Bonchev–Trinajstić information content (AvgIpc) is 1.95. The quantitative estimate of drug-likeness (QED) is 0.618. The maximum absolute atomic E-state index is 12.3. The zero-order valence-corrected chi connectivity index (χ0v) is 8.45. The summed E-state index contributed by atoms with van der Waals surface area (Å²) >= 11 is 0. The Balaban J connectivity index is 5.57. The van der Waals surface area contributed by atoms with Crippen LogP contribution < -0.4 is 0 Å². The lowest BCUT2D eigenvalue weighted by atomic mass is 10.1. The standard InChI is InChI=1S/C4H2F9O4P/c5-1(6,3(9,10)11)2(7,8)4(12,13)17-18(14,15)16/h(H2,14,15,16). The lowest BCUT2D eigenvalue weighted by molar-refractivity contribution is -0.430. The van der Waals surface area contributed by atoms with Crippen molar-refractivity contribution in [1.29, 1.82) is 0 Å². The summed E-state index contributed by atoms with van der Waals surface area (Å²) in [6.45, 7) is 0. The van der Waals surface area contributed by atoms with E-state index in [1.54, 1.807) is 0 Å². The van der Waals surface area contributed by atoms with Crippen molar-refractivity contribution in [2.24, 2.45) is 0 Å². The van der Waals surface area contributed by atoms with E-state index < -0.39 is 32.0 Å². The fraction of sp³-hybridized carbons (Fsp3) is 1.00. The Hall–Kier alpha value is -0.520. The molecule has 0 bridgehead atoms. The van der Waals surface area contributed by atoms with Crippen molar-refractivity contribution in [1.82, 2.24) is 0 Å². The topological polar surface area (TPSA) is 66.8 Å². The Morgan fingerprint density at radius 2 is 1.11 bits per heavy atom. The van der Waals surface area contributed by atoms with Crippen LogP contribution in [0.3, 0.4) is 0 Å². The van der Waals surface area contributed by atoms with Crippen molar-refractivity contribution in [2.45, 2.75) is 24.1 Å². The van der Waals surface area contributed by atoms with E-state index in [9.17, 15) is 44.1 Å². The molecule has 0 aromatic heterocycles. The minimum absolute atomic E-state index is 1.97. The molecule has 0 unspecified atom stereocenters. The van der Waals surface area contributed by atoms with E-state index in [1.165, 1.54) is 0 Å². The molecule has 0 aliphatic rings. The van der Waals surface area contributed by atoms with Crippen LogP contribution in [0, 0.1) is 0 Å². The minimum atomic E-state index is -7.27. The third kappa shape index (κ3) is 3.08. The zero-order valence-electron chi connectivity index (χ0n) is 7.56. The number of alkyl halides is 9. The first kappa shape index (κ1) is 17.5. The predicted molar refractivity (Wildman–Crippen MR) is 34.0 cm³/mol. The van der Waals surface area contributed by atoms with Gasteiger partial charge in [-0.2, -0.15) is 39.5 Å². The molecule has 0 saturated heterocycles. The molecular formula is C4H2F9O4P. The van der Waals surface area contributed by atoms with Crippen LogP contribution in [0.25, 0.3) is 0 Å². The van der Waals surface area contributed by atoms with Gasteiger partial charge in [-0.1, -0.05) is 0 Å². The molecule has 0 aliphatic carbocycles. The first-order valence-electron chi connectivity index (χ1n) is 3.42. The van der Waals surface area contributed by atoms with E-state index in [4.69, 9.17) is 9.79 Å². The van der Waals surface area contributed by atoms with Gasteiger partial charge in [-0.05, 0) is 0 Å². The van der Waals surface area contributed by atoms with E-state index in [0.717, 1.165) is 0 Å². The smallest absolute Gasteiger partial charge is 0.303 e. The third-order valence-electron chi connectivity index (χ3n) is 1.35. The average molecular weight is 316 g/mol. The van der Waals surface area contributed by atoms with Crippen LogP contribution in [-0.4, -0.2) is 33.9 Å². The van der Waals surface area contributed by atoms with Crippen LogP contribution in [0.15, 0.2) is 0 Å². The summed E-state index contributed by atoms with van der Waals surface area (Å²) in [5, 5.41) is 0. The SMILES string of the molecule is O=P(O)(O)OC(F)(F)C(F)(F)C(F)(F)C(F)(F)F. The second-order valence-electron chi connectivity index (χ2n) is 2.75. The van der Waals surface area contributed by atoms with Gasteiger partial charge in [0.25, 0.3) is 0 Å². The molecule has 14 heteroatoms. The molecular weight excluding hydrogens is 314 g/mol. The first-order valence-corrected chi connectivity index (χ1v) is 4.95. The molecule has 0 aromatic rings. The second-order valence-corrected chi connectivity index (χ2v) is 3.91. The number of phosphoric acid groups is 1. The number of phosphoric ester groups is 1. The summed E-state index contributed by atoms with van der Waals surface area (Å²) in [6, 6.07) is 0. The van der Waals surface area contributed by atoms with Gasteiger partial charge in [-0.3, -0.25) is 0 Å². The molecule has 0 aliphatic heterocycles. The Labute approximate surface area is 91.6 Å². The maximum atomic E-state index is 12.3. The van der Waals surface area contributed by atoms with Gasteiger partial charge in [0.2, 0.25) is 0 Å². The number of hydrogen-bond acceptors (Lipinski definition) is 2. The molecule has 0 rings (SSSR count). The highest BCUT2D eigenvalue weighted by Gasteiger charge is 2.83. The van der Waals surface area contributed by atoms with E-state index in [0.29, 0.717) is 0 Å². The summed E-state index contributed by atoms with van der Waals surface area (Å²) in [6.07, 6.45) is -13.8. The van der Waals surface area contributed by atoms with Crippen molar-refractivity contribution >= 4 is 7.82 Å². The Morgan fingerprint density at radius 3 is 1.33 bits per heavy atom. The van der Waals surface area contributed by atoms with Gasteiger partial charge in [0.1, 0.15) is 0 Å². The zero-order chi connectivity index (χ0) is 15.2. The molecule has 0 aromatic carbocycles. The van der Waals surface area contributed by atoms with E-state index in [1.807, 2.05) is 4.52 Å². The van der Waals surface area contributed by atoms with Gasteiger partial charge in [0.15, 0.2) is 0 Å². The monoisotopic (exact) mass is 316 g/mol. The number of hydrogen-bond donors (Lipinski definition) is 2. The Bertz CT molecular complexity index is 356. The van der Waals surface area contributed by atoms with Crippen molar-refractivity contribution in [3.8, 4) is 0 Å². The molecule has 110 valence electrons. The van der Waals surface area contributed by atoms with Crippen molar-refractivity contribution in [3.63, 3.8) is 0 Å². The van der Waals surface area contributed by atoms with Gasteiger partial charge in [0, 0.05) is 0 Å². The third-order valence-corrected chi connectivity index (χ3v) is 1.82. The van der Waals surface area contributed by atoms with E-state index in [2.05, 4.69) is 0 Å². The van der Waals surface area contributed by atoms with Crippen molar-refractivity contribution < 1.29 is 58.4 Å². The van der Waals surface area contributed by atoms with Crippen LogP contribution in [0.1, 0.15) is 0 Å². The largest absolute Gasteiger partial charge is 0.474 e. The Kier molecular flexibility index (Phi) is 4.13. The molecule has 4 nitrogen and oxygen atoms in total. The molecule has 0 heterocycles. The molecule has 18 heavy (non-hydrogen) atoms. The van der Waals surface area contributed by atoms with Crippen LogP contribution in [0.2, 0.25) is 0 Å². The van der Waals surface area contributed by atoms with Gasteiger partial charge in [-0.25, -0.2) is 9.09 Å². The molecule has 0 amide bonds. The summed E-state index contributed by atoms with van der Waals surface area (Å²) < 4.78 is 120. The van der Waals surface area contributed by atoms with Gasteiger partial charge in [0.05, 0.1) is 0 Å². The summed E-state index contributed by atoms with van der Waals surface area (Å²) in [5.41, 5.74) is 0. The number of halogens is 9. The summed E-state index contributed by atoms with van der Waals surface area (Å²) in [4.78, 5) is 15.5. The molecule has 2 N–H and O–H groups in total. The predicted octanol–water partition coefficient (Wildman–Crippen LogP) is 2.52. The Morgan fingerprint density at radius 1 is 0.778 bits per heavy atom. The maximum Gasteiger partial charge on any atom is 0.474 e. The lowest BCUT2D eigenvalue weighted by Gasteiger charge is -2.32. The number of rotatable bonds is 4. The normalized spacial score (nSPS) is 15.9. The molecule has 0 spiro atoms. The summed E-state index contributed by atoms with van der Waals surface area (Å²) in [7, 11) is -6.44. The minimum Gasteiger partial charge on any atom is -0.303 e. The highest BCUT2D eigenvalue weighted by molar-refractivity contribution is 7.46. The molecule has 0 fully saturated rings. The van der Waals surface area contributed by atoms with E-state index >= 15 is 0 Å². The fourth-order valence-corrected chi connectivity index (χ4v) is 0.981. The molecule has 0 saturated carbocycles. The van der Waals surface area contributed by atoms with Crippen molar-refractivity contribution in [2.75, 3.05) is 0 Å². The van der Waals surface area contributed by atoms with Gasteiger partial charge >= 0.3 is 32.0 Å². The molecule has 0 atom stereocenters. The summed E-state index contributed by atoms with van der Waals surface area (Å²) in [5.74, 6) is -14.5. The van der Waals surface area contributed by atoms with Crippen molar-refractivity contribution in [3.05, 3.63) is 0 Å². The first-order chi connectivity index (χ1) is 7.46. The van der Waals surface area contributed by atoms with Crippen LogP contribution in [-0.2, 0) is 9.09 Å². The van der Waals surface area contributed by atoms with Crippen LogP contribution >= 0.6 is 7.82 Å². The van der Waals surface area contributed by atoms with E-state index in [-0.39, 0.29) is 0 Å². The second kappa shape index (κ2) is 4.25. The highest BCUT2D eigenvalue weighted by Crippen LogP contribution is 2.57. The lowest BCUT2D eigenvalue weighted by Crippen LogP contribution is -2.61. The molecule has 0 radical (unpaired) electrons. The highest BCUT2D eigenvalue weighted by atomic mass is 31.2. The van der Waals surface area contributed by atoms with Crippen LogP contribution in [0.4, 0.5) is 39.5 Å². The van der Waals surface area contributed by atoms with Gasteiger partial charge in [-0.15, -0.1) is 0 Å². The fourth-order valence-electron chi connectivity index (χ4n) is 0.567.